The summed E-state index contributed by atoms with van der Waals surface area (Å²) in [4.78, 5) is 4.13. The highest BCUT2D eigenvalue weighted by Gasteiger charge is 2.06. The molecule has 0 amide bonds. The second-order valence-electron chi connectivity index (χ2n) is 3.20. The van der Waals surface area contributed by atoms with Crippen LogP contribution in [0.1, 0.15) is 11.7 Å². The number of benzene rings is 1. The van der Waals surface area contributed by atoms with Crippen LogP contribution in [0, 0.1) is 0 Å². The molecule has 1 aromatic heterocycles. The Morgan fingerprint density at radius 1 is 1.33 bits per heavy atom. The number of alkyl halides is 1. The predicted octanol–water partition coefficient (Wildman–Crippen LogP) is 3.32. The lowest BCUT2D eigenvalue weighted by molar-refractivity contribution is 0.396. The Kier molecular flexibility index (Phi) is 2.63. The lowest BCUT2D eigenvalue weighted by atomic mass is 10.1. The zero-order valence-corrected chi connectivity index (χ0v) is 7.97. The number of allylic oxidation sites excluding steroid dienone is 1. The summed E-state index contributed by atoms with van der Waals surface area (Å²) in [7, 11) is 0. The van der Waals surface area contributed by atoms with Gasteiger partial charge in [0.05, 0.1) is 11.8 Å². The maximum absolute atomic E-state index is 13.4. The van der Waals surface area contributed by atoms with Crippen molar-refractivity contribution in [3.05, 3.63) is 54.4 Å². The quantitative estimate of drug-likeness (QED) is 0.759. The van der Waals surface area contributed by atoms with E-state index in [1.165, 1.54) is 0 Å². The molecule has 1 aromatic carbocycles. The Balaban J connectivity index is 2.46. The first-order valence-electron chi connectivity index (χ1n) is 4.61. The lowest BCUT2D eigenvalue weighted by Gasteiger charge is -2.04. The summed E-state index contributed by atoms with van der Waals surface area (Å²) >= 11 is 0. The fraction of sp³-hybridized carbons (Fsp3) is 0.0833. The molecule has 0 bridgehead atoms. The molecule has 1 heterocycles. The second-order valence-corrected chi connectivity index (χ2v) is 3.20. The summed E-state index contributed by atoms with van der Waals surface area (Å²) < 4.78 is 13.4. The van der Waals surface area contributed by atoms with Gasteiger partial charge in [0.1, 0.15) is 6.17 Å². The Labute approximate surface area is 86.7 Å². The normalized spacial score (nSPS) is 13.4. The highest BCUT2D eigenvalue weighted by Crippen LogP contribution is 2.22. The fourth-order valence-corrected chi connectivity index (χ4v) is 1.44. The molecule has 0 radical (unpaired) electrons. The van der Waals surface area contributed by atoms with Gasteiger partial charge in [-0.15, -0.1) is 0 Å². The SMILES string of the molecule is O/C=C\C(F)c1ccc2cccnc2c1. The smallest absolute Gasteiger partial charge is 0.147 e. The predicted molar refractivity (Wildman–Crippen MR) is 57.4 cm³/mol. The second kappa shape index (κ2) is 4.09. The van der Waals surface area contributed by atoms with Crippen LogP contribution >= 0.6 is 0 Å². The maximum atomic E-state index is 13.4. The van der Waals surface area contributed by atoms with Crippen molar-refractivity contribution >= 4 is 10.9 Å². The fourth-order valence-electron chi connectivity index (χ4n) is 1.44. The Hall–Kier alpha value is -1.90. The Morgan fingerprint density at radius 2 is 2.20 bits per heavy atom. The summed E-state index contributed by atoms with van der Waals surface area (Å²) in [6.45, 7) is 0. The zero-order valence-electron chi connectivity index (χ0n) is 7.97. The van der Waals surface area contributed by atoms with Gasteiger partial charge in [-0.3, -0.25) is 4.98 Å². The van der Waals surface area contributed by atoms with Crippen LogP contribution < -0.4 is 0 Å². The number of nitrogens with zero attached hydrogens (tertiary/aromatic N) is 1. The molecule has 1 N–H and O–H groups in total. The molecule has 1 atom stereocenters. The van der Waals surface area contributed by atoms with Gasteiger partial charge in [-0.1, -0.05) is 18.2 Å². The number of rotatable bonds is 2. The molecule has 0 aliphatic rings. The molecule has 0 fully saturated rings. The van der Waals surface area contributed by atoms with Gasteiger partial charge in [-0.25, -0.2) is 4.39 Å². The van der Waals surface area contributed by atoms with Gasteiger partial charge in [0.2, 0.25) is 0 Å². The van der Waals surface area contributed by atoms with Crippen molar-refractivity contribution in [3.63, 3.8) is 0 Å². The zero-order chi connectivity index (χ0) is 10.7. The number of aliphatic hydroxyl groups excluding tert-OH is 1. The molecule has 2 nitrogen and oxygen atoms in total. The molecule has 15 heavy (non-hydrogen) atoms. The van der Waals surface area contributed by atoms with Gasteiger partial charge < -0.3 is 5.11 Å². The number of aliphatic hydroxyl groups is 1. The molecule has 76 valence electrons. The first-order chi connectivity index (χ1) is 7.31. The van der Waals surface area contributed by atoms with E-state index in [-0.39, 0.29) is 0 Å². The number of fused-ring (bicyclic) bond motifs is 1. The van der Waals surface area contributed by atoms with Crippen LogP contribution in [0.25, 0.3) is 10.9 Å². The highest BCUT2D eigenvalue weighted by atomic mass is 19.1. The van der Waals surface area contributed by atoms with Gasteiger partial charge >= 0.3 is 0 Å². The summed E-state index contributed by atoms with van der Waals surface area (Å²) in [6.07, 6.45) is 2.18. The van der Waals surface area contributed by atoms with E-state index >= 15 is 0 Å². The molecule has 3 heteroatoms. The topological polar surface area (TPSA) is 33.1 Å². The molecule has 0 saturated carbocycles. The van der Waals surface area contributed by atoms with Crippen molar-refractivity contribution in [3.8, 4) is 0 Å². The van der Waals surface area contributed by atoms with Gasteiger partial charge in [0, 0.05) is 11.6 Å². The molecule has 2 rings (SSSR count). The van der Waals surface area contributed by atoms with Crippen LogP contribution in [0.3, 0.4) is 0 Å². The molecule has 0 aliphatic carbocycles. The summed E-state index contributed by atoms with van der Waals surface area (Å²) in [5.41, 5.74) is 1.25. The number of aromatic nitrogens is 1. The van der Waals surface area contributed by atoms with E-state index in [1.807, 2.05) is 18.2 Å². The van der Waals surface area contributed by atoms with Crippen LogP contribution in [0.2, 0.25) is 0 Å². The number of hydrogen-bond acceptors (Lipinski definition) is 2. The number of halogens is 1. The van der Waals surface area contributed by atoms with Crippen molar-refractivity contribution in [1.82, 2.24) is 4.98 Å². The van der Waals surface area contributed by atoms with Crippen LogP contribution in [0.15, 0.2) is 48.9 Å². The highest BCUT2D eigenvalue weighted by molar-refractivity contribution is 5.79. The molecule has 0 aliphatic heterocycles. The van der Waals surface area contributed by atoms with Crippen molar-refractivity contribution in [1.29, 1.82) is 0 Å². The van der Waals surface area contributed by atoms with E-state index < -0.39 is 6.17 Å². The minimum absolute atomic E-state index is 0.492. The van der Waals surface area contributed by atoms with Crippen molar-refractivity contribution in [2.45, 2.75) is 6.17 Å². The third-order valence-electron chi connectivity index (χ3n) is 2.20. The molecule has 1 unspecified atom stereocenters. The monoisotopic (exact) mass is 203 g/mol. The van der Waals surface area contributed by atoms with E-state index in [0.29, 0.717) is 11.8 Å². The molecule has 2 aromatic rings. The lowest BCUT2D eigenvalue weighted by Crippen LogP contribution is -1.88. The van der Waals surface area contributed by atoms with Crippen LogP contribution in [0.5, 0.6) is 0 Å². The summed E-state index contributed by atoms with van der Waals surface area (Å²) in [5, 5.41) is 9.45. The van der Waals surface area contributed by atoms with E-state index in [0.717, 1.165) is 17.0 Å². The third-order valence-corrected chi connectivity index (χ3v) is 2.20. The average molecular weight is 203 g/mol. The third kappa shape index (κ3) is 1.96. The van der Waals surface area contributed by atoms with Crippen molar-refractivity contribution in [2.24, 2.45) is 0 Å². The number of hydrogen-bond donors (Lipinski definition) is 1. The van der Waals surface area contributed by atoms with Gasteiger partial charge in [-0.05, 0) is 23.8 Å². The van der Waals surface area contributed by atoms with Crippen molar-refractivity contribution in [2.75, 3.05) is 0 Å². The van der Waals surface area contributed by atoms with E-state index in [9.17, 15) is 4.39 Å². The van der Waals surface area contributed by atoms with Crippen molar-refractivity contribution < 1.29 is 9.50 Å². The molecular weight excluding hydrogens is 193 g/mol. The standard InChI is InChI=1S/C12H10FNO/c13-11(5-7-15)10-4-3-9-2-1-6-14-12(9)8-10/h1-8,11,15H/b7-5-. The van der Waals surface area contributed by atoms with Crippen LogP contribution in [-0.4, -0.2) is 10.1 Å². The van der Waals surface area contributed by atoms with Gasteiger partial charge in [0.25, 0.3) is 0 Å². The summed E-state index contributed by atoms with van der Waals surface area (Å²) in [5.74, 6) is 0. The van der Waals surface area contributed by atoms with E-state index in [2.05, 4.69) is 4.98 Å². The molecule has 0 saturated heterocycles. The molecule has 0 spiro atoms. The first-order valence-corrected chi connectivity index (χ1v) is 4.61. The van der Waals surface area contributed by atoms with Gasteiger partial charge in [-0.2, -0.15) is 0 Å². The van der Waals surface area contributed by atoms with Crippen LogP contribution in [-0.2, 0) is 0 Å². The minimum atomic E-state index is -1.29. The van der Waals surface area contributed by atoms with E-state index in [1.54, 1.807) is 18.3 Å². The molecular formula is C12H10FNO. The van der Waals surface area contributed by atoms with E-state index in [4.69, 9.17) is 5.11 Å². The Bertz CT molecular complexity index is 496. The van der Waals surface area contributed by atoms with Gasteiger partial charge in [0.15, 0.2) is 0 Å². The maximum Gasteiger partial charge on any atom is 0.147 e. The minimum Gasteiger partial charge on any atom is -0.516 e. The Morgan fingerprint density at radius 3 is 3.00 bits per heavy atom. The average Bonchev–Trinajstić information content (AvgIpc) is 2.29. The summed E-state index contributed by atoms with van der Waals surface area (Å²) in [6, 6.07) is 8.94. The number of pyridine rings is 1. The first kappa shape index (κ1) is 9.65. The largest absolute Gasteiger partial charge is 0.516 e. The van der Waals surface area contributed by atoms with Crippen LogP contribution in [0.4, 0.5) is 4.39 Å².